The van der Waals surface area contributed by atoms with Crippen molar-refractivity contribution >= 4 is 17.4 Å². The van der Waals surface area contributed by atoms with E-state index in [1.165, 1.54) is 0 Å². The molecule has 1 heterocycles. The van der Waals surface area contributed by atoms with Gasteiger partial charge < -0.3 is 9.63 Å². The molecule has 0 unspecified atom stereocenters. The number of alkyl halides is 3. The van der Waals surface area contributed by atoms with Crippen LogP contribution >= 0.6 is 0 Å². The molecule has 2 aromatic rings. The van der Waals surface area contributed by atoms with Crippen LogP contribution in [0.15, 0.2) is 29.0 Å². The van der Waals surface area contributed by atoms with Crippen molar-refractivity contribution in [3.63, 3.8) is 0 Å². The number of nitrogens with zero attached hydrogens (tertiary/aromatic N) is 2. The van der Waals surface area contributed by atoms with Crippen molar-refractivity contribution < 1.29 is 37.3 Å². The summed E-state index contributed by atoms with van der Waals surface area (Å²) in [6, 6.07) is 1.28. The minimum atomic E-state index is -4.84. The molecule has 0 radical (unpaired) electrons. The smallest absolute Gasteiger partial charge is 0.416 e. The second-order valence-electron chi connectivity index (χ2n) is 4.20. The maximum atomic E-state index is 12.6. The predicted molar refractivity (Wildman–Crippen MR) is 65.0 cm³/mol. The Morgan fingerprint density at radius 1 is 1.26 bits per heavy atom. The van der Waals surface area contributed by atoms with Crippen molar-refractivity contribution in [1.82, 2.24) is 5.16 Å². The third-order valence-electron chi connectivity index (χ3n) is 2.78. The minimum Gasteiger partial charge on any atom is -0.476 e. The second kappa shape index (κ2) is 5.51. The Morgan fingerprint density at radius 3 is 2.43 bits per heavy atom. The van der Waals surface area contributed by atoms with E-state index in [9.17, 15) is 32.9 Å². The van der Waals surface area contributed by atoms with Crippen LogP contribution in [0.5, 0.6) is 0 Å². The van der Waals surface area contributed by atoms with Crippen molar-refractivity contribution in [2.45, 2.75) is 6.18 Å². The van der Waals surface area contributed by atoms with Crippen LogP contribution in [0.3, 0.4) is 0 Å². The highest BCUT2D eigenvalue weighted by atomic mass is 19.4. The van der Waals surface area contributed by atoms with Gasteiger partial charge >= 0.3 is 12.1 Å². The lowest BCUT2D eigenvalue weighted by atomic mass is 10.00. The van der Waals surface area contributed by atoms with Crippen LogP contribution in [0.1, 0.15) is 32.0 Å². The van der Waals surface area contributed by atoms with Crippen LogP contribution in [0, 0.1) is 10.1 Å². The summed E-state index contributed by atoms with van der Waals surface area (Å²) >= 11 is 0. The highest BCUT2D eigenvalue weighted by Gasteiger charge is 2.35. The number of rotatable bonds is 4. The van der Waals surface area contributed by atoms with Gasteiger partial charge in [0.1, 0.15) is 11.8 Å². The normalized spacial score (nSPS) is 11.3. The number of halogens is 3. The zero-order valence-electron chi connectivity index (χ0n) is 10.8. The molecule has 1 aromatic heterocycles. The number of carboxylic acid groups (broad SMARTS) is 1. The van der Waals surface area contributed by atoms with E-state index in [0.717, 1.165) is 0 Å². The van der Waals surface area contributed by atoms with Gasteiger partial charge in [-0.1, -0.05) is 5.16 Å². The molecule has 8 nitrogen and oxygen atoms in total. The van der Waals surface area contributed by atoms with Gasteiger partial charge in [0.05, 0.1) is 16.1 Å². The summed E-state index contributed by atoms with van der Waals surface area (Å²) in [6.07, 6.45) is -4.19. The van der Waals surface area contributed by atoms with E-state index in [-0.39, 0.29) is 6.07 Å². The first-order valence-corrected chi connectivity index (χ1v) is 5.71. The number of hydrogen-bond acceptors (Lipinski definition) is 6. The van der Waals surface area contributed by atoms with Gasteiger partial charge in [-0.2, -0.15) is 13.2 Å². The van der Waals surface area contributed by atoms with Crippen molar-refractivity contribution in [2.24, 2.45) is 0 Å². The molecule has 1 N–H and O–H groups in total. The van der Waals surface area contributed by atoms with E-state index in [0.29, 0.717) is 18.4 Å². The van der Waals surface area contributed by atoms with Gasteiger partial charge in [-0.15, -0.1) is 0 Å². The number of nitro benzene ring substituents is 1. The SMILES string of the molecule is O=C(c1ccc(C(F)(F)F)cc1[N+](=O)[O-])c1conc1C(=O)O. The van der Waals surface area contributed by atoms with E-state index >= 15 is 0 Å². The predicted octanol–water partition coefficient (Wildman–Crippen LogP) is 2.53. The summed E-state index contributed by atoms with van der Waals surface area (Å²) in [5.74, 6) is -2.82. The first-order valence-electron chi connectivity index (χ1n) is 5.71. The molecule has 120 valence electrons. The number of carboxylic acids is 1. The molecule has 0 saturated heterocycles. The lowest BCUT2D eigenvalue weighted by Crippen LogP contribution is -2.12. The first kappa shape index (κ1) is 16.1. The monoisotopic (exact) mass is 330 g/mol. The molecule has 0 fully saturated rings. The number of carbonyl (C=O) groups excluding carboxylic acids is 1. The van der Waals surface area contributed by atoms with Gasteiger partial charge in [0.15, 0.2) is 0 Å². The molecule has 0 aliphatic heterocycles. The lowest BCUT2D eigenvalue weighted by molar-refractivity contribution is -0.385. The van der Waals surface area contributed by atoms with E-state index in [4.69, 9.17) is 5.11 Å². The maximum Gasteiger partial charge on any atom is 0.416 e. The third kappa shape index (κ3) is 3.02. The summed E-state index contributed by atoms with van der Waals surface area (Å²) in [4.78, 5) is 32.8. The van der Waals surface area contributed by atoms with Crippen molar-refractivity contribution in [3.8, 4) is 0 Å². The maximum absolute atomic E-state index is 12.6. The van der Waals surface area contributed by atoms with Crippen LogP contribution < -0.4 is 0 Å². The molecule has 2 rings (SSSR count). The average Bonchev–Trinajstić information content (AvgIpc) is 2.94. The fourth-order valence-corrected chi connectivity index (χ4v) is 1.75. The largest absolute Gasteiger partial charge is 0.476 e. The summed E-state index contributed by atoms with van der Waals surface area (Å²) in [7, 11) is 0. The molecule has 0 amide bonds. The summed E-state index contributed by atoms with van der Waals surface area (Å²) < 4.78 is 42.1. The molecule has 0 bridgehead atoms. The molecule has 23 heavy (non-hydrogen) atoms. The van der Waals surface area contributed by atoms with Crippen molar-refractivity contribution in [2.75, 3.05) is 0 Å². The Kier molecular flexibility index (Phi) is 3.87. The van der Waals surface area contributed by atoms with Gasteiger partial charge in [0, 0.05) is 6.07 Å². The Hall–Kier alpha value is -3.24. The Balaban J connectivity index is 2.59. The lowest BCUT2D eigenvalue weighted by Gasteiger charge is -2.08. The molecule has 0 saturated carbocycles. The van der Waals surface area contributed by atoms with Crippen LogP contribution in [-0.2, 0) is 6.18 Å². The van der Waals surface area contributed by atoms with E-state index < -0.39 is 50.9 Å². The van der Waals surface area contributed by atoms with Gasteiger partial charge in [0.25, 0.3) is 5.69 Å². The van der Waals surface area contributed by atoms with Gasteiger partial charge in [-0.3, -0.25) is 14.9 Å². The quantitative estimate of drug-likeness (QED) is 0.519. The molecule has 0 aliphatic rings. The molecule has 11 heteroatoms. The fraction of sp³-hybridized carbons (Fsp3) is 0.0833. The number of aromatic nitrogens is 1. The number of ketones is 1. The standard InChI is InChI=1S/C12H5F3N2O6/c13-12(14,15)5-1-2-6(8(3-5)17(21)22)10(18)7-4-23-16-9(7)11(19)20/h1-4H,(H,19,20). The average molecular weight is 330 g/mol. The summed E-state index contributed by atoms with van der Waals surface area (Å²) in [6.45, 7) is 0. The van der Waals surface area contributed by atoms with Gasteiger partial charge in [-0.05, 0) is 12.1 Å². The number of aromatic carboxylic acids is 1. The van der Waals surface area contributed by atoms with Crippen LogP contribution in [-0.4, -0.2) is 26.9 Å². The Bertz CT molecular complexity index is 811. The van der Waals surface area contributed by atoms with E-state index in [2.05, 4.69) is 9.68 Å². The Labute approximate surface area is 124 Å². The minimum absolute atomic E-state index is 0.196. The molecule has 0 aliphatic carbocycles. The highest BCUT2D eigenvalue weighted by Crippen LogP contribution is 2.33. The molecule has 1 aromatic carbocycles. The summed E-state index contributed by atoms with van der Waals surface area (Å²) in [5, 5.41) is 22.8. The Morgan fingerprint density at radius 2 is 1.91 bits per heavy atom. The first-order chi connectivity index (χ1) is 10.6. The summed E-state index contributed by atoms with van der Waals surface area (Å²) in [5.41, 5.74) is -4.55. The number of carbonyl (C=O) groups is 2. The zero-order valence-corrected chi connectivity index (χ0v) is 10.8. The number of hydrogen-bond donors (Lipinski definition) is 1. The fourth-order valence-electron chi connectivity index (χ4n) is 1.75. The van der Waals surface area contributed by atoms with Crippen LogP contribution in [0.4, 0.5) is 18.9 Å². The highest BCUT2D eigenvalue weighted by molar-refractivity contribution is 6.15. The third-order valence-corrected chi connectivity index (χ3v) is 2.78. The second-order valence-corrected chi connectivity index (χ2v) is 4.20. The molecular weight excluding hydrogens is 325 g/mol. The van der Waals surface area contributed by atoms with Crippen molar-refractivity contribution in [3.05, 3.63) is 57.0 Å². The van der Waals surface area contributed by atoms with Gasteiger partial charge in [0.2, 0.25) is 11.5 Å². The zero-order chi connectivity index (χ0) is 17.4. The van der Waals surface area contributed by atoms with E-state index in [1.807, 2.05) is 0 Å². The number of nitro groups is 1. The number of benzene rings is 1. The molecule has 0 atom stereocenters. The van der Waals surface area contributed by atoms with Crippen LogP contribution in [0.25, 0.3) is 0 Å². The van der Waals surface area contributed by atoms with E-state index in [1.54, 1.807) is 0 Å². The van der Waals surface area contributed by atoms with Crippen molar-refractivity contribution in [1.29, 1.82) is 0 Å². The molecule has 0 spiro atoms. The van der Waals surface area contributed by atoms with Crippen LogP contribution in [0.2, 0.25) is 0 Å². The molecular formula is C12H5F3N2O6. The van der Waals surface area contributed by atoms with Gasteiger partial charge in [-0.25, -0.2) is 4.79 Å². The topological polar surface area (TPSA) is 124 Å².